The van der Waals surface area contributed by atoms with Gasteiger partial charge in [0.1, 0.15) is 0 Å². The van der Waals surface area contributed by atoms with Crippen molar-refractivity contribution in [1.29, 1.82) is 0 Å². The average Bonchev–Trinajstić information content (AvgIpc) is 3.23. The van der Waals surface area contributed by atoms with E-state index in [9.17, 15) is 25.9 Å². The first-order chi connectivity index (χ1) is 30.0. The molecule has 0 fully saturated rings. The molecule has 0 spiro atoms. The molecule has 0 saturated heterocycles. The summed E-state index contributed by atoms with van der Waals surface area (Å²) < 4.78 is 73.6. The predicted octanol–water partition coefficient (Wildman–Crippen LogP) is 16.6. The second-order valence-electron chi connectivity index (χ2n) is 18.2. The van der Waals surface area contributed by atoms with E-state index in [1.165, 1.54) is 205 Å². The predicted molar refractivity (Wildman–Crippen MR) is 270 cm³/mol. The van der Waals surface area contributed by atoms with Crippen LogP contribution in [0.2, 0.25) is 0 Å². The van der Waals surface area contributed by atoms with Gasteiger partial charge in [0.2, 0.25) is 20.8 Å². The summed E-state index contributed by atoms with van der Waals surface area (Å²) in [5.41, 5.74) is 0. The van der Waals surface area contributed by atoms with E-state index >= 15 is 0 Å². The maximum atomic E-state index is 10.8. The Kier molecular flexibility index (Phi) is 57.5. The van der Waals surface area contributed by atoms with Gasteiger partial charge >= 0.3 is 37.7 Å². The van der Waals surface area contributed by atoms with Crippen LogP contribution in [0.1, 0.15) is 285 Å². The van der Waals surface area contributed by atoms with Gasteiger partial charge in [-0.1, -0.05) is 270 Å². The van der Waals surface area contributed by atoms with Crippen LogP contribution in [0.3, 0.4) is 0 Å². The molecule has 0 radical (unpaired) electrons. The topological polar surface area (TPSA) is 133 Å². The molecule has 0 amide bonds. The molecule has 63 heavy (non-hydrogen) atoms. The van der Waals surface area contributed by atoms with Gasteiger partial charge in [-0.2, -0.15) is 0 Å². The fourth-order valence-electron chi connectivity index (χ4n) is 7.97. The van der Waals surface area contributed by atoms with Gasteiger partial charge in [-0.15, -0.1) is 0 Å². The maximum Gasteiger partial charge on any atom is 2.00 e. The molecule has 0 aromatic rings. The molecule has 0 aromatic carbocycles. The fourth-order valence-corrected chi connectivity index (χ4v) is 8.65. The molecule has 0 aliphatic rings. The molecule has 11 heteroatoms. The molecule has 0 saturated carbocycles. The van der Waals surface area contributed by atoms with Crippen LogP contribution in [-0.4, -0.2) is 76.9 Å². The molecule has 2 unspecified atom stereocenters. The normalized spacial score (nSPS) is 13.0. The van der Waals surface area contributed by atoms with Gasteiger partial charge in [0.05, 0.1) is 13.2 Å². The zero-order chi connectivity index (χ0) is 46.1. The number of unbranched alkanes of at least 4 members (excludes halogenated alkanes) is 34. The van der Waals surface area contributed by atoms with E-state index in [0.29, 0.717) is 0 Å². The first-order valence-corrected chi connectivity index (χ1v) is 29.2. The summed E-state index contributed by atoms with van der Waals surface area (Å²) in [7, 11) is -9.20. The summed E-state index contributed by atoms with van der Waals surface area (Å²) in [5, 5.41) is 0. The molecule has 2 atom stereocenters. The number of hydrogen-bond acceptors (Lipinski definition) is 8. The van der Waals surface area contributed by atoms with E-state index in [2.05, 4.69) is 60.4 Å². The molecular formula is C52H102CaO8S2. The minimum atomic E-state index is -4.60. The molecule has 0 bridgehead atoms. The molecule has 0 aromatic heterocycles. The van der Waals surface area contributed by atoms with Gasteiger partial charge in [0, 0.05) is 11.8 Å². The van der Waals surface area contributed by atoms with Crippen LogP contribution in [0, 0.1) is 11.8 Å². The van der Waals surface area contributed by atoms with Crippen LogP contribution in [0.15, 0.2) is 24.3 Å². The Morgan fingerprint density at radius 1 is 0.349 bits per heavy atom. The standard InChI is InChI=1S/2C26H52O4S.Ca/c2*1-3-5-7-9-10-11-12-13-14-15-16-17-18-20-22-24-26(25-30-31(27,28)29)23-21-19-8-6-4-2;/h2*22,24,26H,3-21,23,25H2,1-2H3,(H,27,28,29);/q;;+2/p-2/b2*24-22+;. The van der Waals surface area contributed by atoms with Crippen LogP contribution >= 0.6 is 0 Å². The quantitative estimate of drug-likeness (QED) is 0.0194. The van der Waals surface area contributed by atoms with Gasteiger partial charge in [0.25, 0.3) is 0 Å². The van der Waals surface area contributed by atoms with Crippen LogP contribution in [-0.2, 0) is 29.2 Å². The summed E-state index contributed by atoms with van der Waals surface area (Å²) >= 11 is 0. The van der Waals surface area contributed by atoms with E-state index < -0.39 is 20.8 Å². The SMILES string of the molecule is CCCCCCCCCCCCCCC/C=C/C(CCCCCCC)COS(=O)(=O)[O-].CCCCCCCCCCCCCCC/C=C/C(CCCCCCC)COS(=O)(=O)[O-].[Ca+2]. The van der Waals surface area contributed by atoms with Crippen molar-refractivity contribution in [3.8, 4) is 0 Å². The van der Waals surface area contributed by atoms with Crippen molar-refractivity contribution in [3.05, 3.63) is 24.3 Å². The van der Waals surface area contributed by atoms with Crippen molar-refractivity contribution in [1.82, 2.24) is 0 Å². The molecule has 0 N–H and O–H groups in total. The molecule has 372 valence electrons. The second kappa shape index (κ2) is 53.4. The van der Waals surface area contributed by atoms with Gasteiger partial charge in [-0.05, 0) is 38.5 Å². The third-order valence-corrected chi connectivity index (χ3v) is 12.8. The molecule has 0 heterocycles. The molecule has 0 aliphatic carbocycles. The minimum absolute atomic E-state index is 0. The minimum Gasteiger partial charge on any atom is -0.726 e. The summed E-state index contributed by atoms with van der Waals surface area (Å²) in [4.78, 5) is 0. The van der Waals surface area contributed by atoms with E-state index in [4.69, 9.17) is 0 Å². The van der Waals surface area contributed by atoms with Crippen molar-refractivity contribution < 1.29 is 34.3 Å². The number of allylic oxidation sites excluding steroid dienone is 2. The Hall–Kier alpha value is 0.480. The number of hydrogen-bond donors (Lipinski definition) is 0. The van der Waals surface area contributed by atoms with Crippen molar-refractivity contribution in [2.45, 2.75) is 285 Å². The van der Waals surface area contributed by atoms with E-state index in [1.807, 2.05) is 0 Å². The molecular weight excluding hydrogens is 857 g/mol. The Morgan fingerprint density at radius 3 is 0.778 bits per heavy atom. The Balaban J connectivity index is -0.00000112. The van der Waals surface area contributed by atoms with Gasteiger partial charge in [-0.25, -0.2) is 16.8 Å². The summed E-state index contributed by atoms with van der Waals surface area (Å²) in [5.74, 6) is 0.0413. The Labute approximate surface area is 423 Å². The second-order valence-corrected chi connectivity index (χ2v) is 20.3. The van der Waals surface area contributed by atoms with Crippen LogP contribution in [0.5, 0.6) is 0 Å². The zero-order valence-electron chi connectivity index (χ0n) is 42.0. The first kappa shape index (κ1) is 67.7. The zero-order valence-corrected chi connectivity index (χ0v) is 45.8. The van der Waals surface area contributed by atoms with Crippen molar-refractivity contribution >= 4 is 58.5 Å². The van der Waals surface area contributed by atoms with E-state index in [-0.39, 0.29) is 62.8 Å². The van der Waals surface area contributed by atoms with Crippen molar-refractivity contribution in [2.24, 2.45) is 11.8 Å². The third-order valence-electron chi connectivity index (χ3n) is 12.0. The van der Waals surface area contributed by atoms with Crippen LogP contribution in [0.4, 0.5) is 0 Å². The fraction of sp³-hybridized carbons (Fsp3) is 0.923. The Bertz CT molecular complexity index is 1070. The first-order valence-electron chi connectivity index (χ1n) is 26.5. The average molecular weight is 960 g/mol. The summed E-state index contributed by atoms with van der Waals surface area (Å²) in [6.07, 6.45) is 59.2. The molecule has 0 aliphatic heterocycles. The Morgan fingerprint density at radius 2 is 0.556 bits per heavy atom. The summed E-state index contributed by atoms with van der Waals surface area (Å²) in [6, 6.07) is 0. The van der Waals surface area contributed by atoms with Crippen molar-refractivity contribution in [2.75, 3.05) is 13.2 Å². The van der Waals surface area contributed by atoms with Gasteiger partial charge < -0.3 is 9.11 Å². The van der Waals surface area contributed by atoms with Gasteiger partial charge in [-0.3, -0.25) is 8.37 Å². The summed E-state index contributed by atoms with van der Waals surface area (Å²) in [6.45, 7) is 8.88. The number of rotatable bonds is 48. The van der Waals surface area contributed by atoms with Crippen molar-refractivity contribution in [3.63, 3.8) is 0 Å². The molecule has 8 nitrogen and oxygen atoms in total. The van der Waals surface area contributed by atoms with Gasteiger partial charge in [0.15, 0.2) is 0 Å². The molecule has 0 rings (SSSR count). The third kappa shape index (κ3) is 62.5. The maximum absolute atomic E-state index is 10.8. The van der Waals surface area contributed by atoms with E-state index in [0.717, 1.165) is 51.4 Å². The monoisotopic (exact) mass is 959 g/mol. The largest absolute Gasteiger partial charge is 2.00 e. The van der Waals surface area contributed by atoms with Crippen LogP contribution < -0.4 is 0 Å². The van der Waals surface area contributed by atoms with Crippen LogP contribution in [0.25, 0.3) is 0 Å². The van der Waals surface area contributed by atoms with E-state index in [1.54, 1.807) is 0 Å². The smallest absolute Gasteiger partial charge is 0.726 e.